The van der Waals surface area contributed by atoms with Crippen LogP contribution in [0.5, 0.6) is 0 Å². The lowest BCUT2D eigenvalue weighted by molar-refractivity contribution is 0.249. The summed E-state index contributed by atoms with van der Waals surface area (Å²) >= 11 is 0. The molecule has 0 heterocycles. The van der Waals surface area contributed by atoms with Gasteiger partial charge in [-0.05, 0) is 37.5 Å². The van der Waals surface area contributed by atoms with Crippen LogP contribution in [0.1, 0.15) is 24.8 Å². The first-order valence-corrected chi connectivity index (χ1v) is 7.31. The third-order valence-electron chi connectivity index (χ3n) is 3.57. The molecule has 0 atom stereocenters. The van der Waals surface area contributed by atoms with Gasteiger partial charge in [0.25, 0.3) is 0 Å². The summed E-state index contributed by atoms with van der Waals surface area (Å²) < 4.78 is 39.6. The molecule has 0 saturated heterocycles. The van der Waals surface area contributed by atoms with Crippen LogP contribution in [0.15, 0.2) is 17.0 Å². The van der Waals surface area contributed by atoms with Crippen LogP contribution in [0, 0.1) is 12.7 Å². The van der Waals surface area contributed by atoms with Crippen molar-refractivity contribution < 1.29 is 12.8 Å². The highest BCUT2D eigenvalue weighted by Crippen LogP contribution is 2.30. The molecule has 2 N–H and O–H groups in total. The van der Waals surface area contributed by atoms with E-state index in [9.17, 15) is 12.8 Å². The van der Waals surface area contributed by atoms with Crippen molar-refractivity contribution in [2.24, 2.45) is 0 Å². The van der Waals surface area contributed by atoms with Crippen LogP contribution in [0.25, 0.3) is 0 Å². The van der Waals surface area contributed by atoms with Crippen molar-refractivity contribution in [3.05, 3.63) is 23.5 Å². The van der Waals surface area contributed by atoms with Crippen LogP contribution < -0.4 is 5.73 Å². The van der Waals surface area contributed by atoms with Crippen molar-refractivity contribution in [3.63, 3.8) is 0 Å². The van der Waals surface area contributed by atoms with E-state index in [-0.39, 0.29) is 16.6 Å². The van der Waals surface area contributed by atoms with Crippen molar-refractivity contribution in [2.45, 2.75) is 37.1 Å². The first kappa shape index (κ1) is 13.3. The fourth-order valence-corrected chi connectivity index (χ4v) is 3.46. The van der Waals surface area contributed by atoms with E-state index in [2.05, 4.69) is 0 Å². The highest BCUT2D eigenvalue weighted by atomic mass is 32.2. The summed E-state index contributed by atoms with van der Waals surface area (Å²) in [4.78, 5) is -0.333. The summed E-state index contributed by atoms with van der Waals surface area (Å²) in [5.74, 6) is -0.743. The Hall–Kier alpha value is -1.14. The Morgan fingerprint density at radius 3 is 2.50 bits per heavy atom. The van der Waals surface area contributed by atoms with E-state index in [1.54, 1.807) is 6.92 Å². The van der Waals surface area contributed by atoms with Crippen LogP contribution in [0.3, 0.4) is 0 Å². The molecule has 0 bridgehead atoms. The standard InChI is InChI=1S/C12H17FN2O2S/c1-8-6-10(13)12(7-11(8)14)18(16,17)15(2)9-4-3-5-9/h6-7,9H,3-5,14H2,1-2H3. The number of rotatable bonds is 3. The van der Waals surface area contributed by atoms with Crippen molar-refractivity contribution in [3.8, 4) is 0 Å². The second-order valence-electron chi connectivity index (χ2n) is 4.75. The molecule has 0 unspecified atom stereocenters. The first-order valence-electron chi connectivity index (χ1n) is 5.87. The summed E-state index contributed by atoms with van der Waals surface area (Å²) in [6.07, 6.45) is 2.68. The molecule has 0 radical (unpaired) electrons. The molecule has 100 valence electrons. The molecule has 1 aliphatic rings. The van der Waals surface area contributed by atoms with E-state index in [1.165, 1.54) is 17.4 Å². The summed E-state index contributed by atoms with van der Waals surface area (Å²) in [6.45, 7) is 1.64. The van der Waals surface area contributed by atoms with Gasteiger partial charge in [0.15, 0.2) is 0 Å². The first-order chi connectivity index (χ1) is 8.34. The second-order valence-corrected chi connectivity index (χ2v) is 6.71. The van der Waals surface area contributed by atoms with Crippen molar-refractivity contribution >= 4 is 15.7 Å². The minimum atomic E-state index is -3.79. The van der Waals surface area contributed by atoms with Gasteiger partial charge in [0, 0.05) is 18.8 Å². The van der Waals surface area contributed by atoms with Gasteiger partial charge in [-0.25, -0.2) is 12.8 Å². The SMILES string of the molecule is Cc1cc(F)c(S(=O)(=O)N(C)C2CCC2)cc1N. The maximum atomic E-state index is 13.8. The molecular weight excluding hydrogens is 255 g/mol. The summed E-state index contributed by atoms with van der Waals surface area (Å²) in [5, 5.41) is 0. The van der Waals surface area contributed by atoms with E-state index in [1.807, 2.05) is 0 Å². The number of hydrogen-bond acceptors (Lipinski definition) is 3. The van der Waals surface area contributed by atoms with Crippen LogP contribution in [0.4, 0.5) is 10.1 Å². The molecule has 18 heavy (non-hydrogen) atoms. The Morgan fingerprint density at radius 2 is 2.00 bits per heavy atom. The zero-order chi connectivity index (χ0) is 13.5. The predicted octanol–water partition coefficient (Wildman–Crippen LogP) is 1.89. The normalized spacial score (nSPS) is 16.9. The van der Waals surface area contributed by atoms with Gasteiger partial charge in [0.05, 0.1) is 0 Å². The number of nitrogen functional groups attached to an aromatic ring is 1. The molecule has 1 saturated carbocycles. The predicted molar refractivity (Wildman–Crippen MR) is 68.1 cm³/mol. The number of benzene rings is 1. The van der Waals surface area contributed by atoms with Crippen LogP contribution in [-0.4, -0.2) is 25.8 Å². The molecule has 2 rings (SSSR count). The largest absolute Gasteiger partial charge is 0.398 e. The summed E-state index contributed by atoms with van der Waals surface area (Å²) in [6, 6.07) is 2.35. The van der Waals surface area contributed by atoms with E-state index in [4.69, 9.17) is 5.73 Å². The Kier molecular flexibility index (Phi) is 3.33. The molecule has 4 nitrogen and oxygen atoms in total. The topological polar surface area (TPSA) is 63.4 Å². The minimum Gasteiger partial charge on any atom is -0.398 e. The molecule has 0 spiro atoms. The number of nitrogens with two attached hydrogens (primary N) is 1. The molecular formula is C12H17FN2O2S. The van der Waals surface area contributed by atoms with E-state index < -0.39 is 15.8 Å². The van der Waals surface area contributed by atoms with Gasteiger partial charge >= 0.3 is 0 Å². The van der Waals surface area contributed by atoms with Gasteiger partial charge in [-0.15, -0.1) is 0 Å². The van der Waals surface area contributed by atoms with Crippen molar-refractivity contribution in [2.75, 3.05) is 12.8 Å². The second kappa shape index (κ2) is 4.51. The number of halogens is 1. The van der Waals surface area contributed by atoms with Gasteiger partial charge in [-0.1, -0.05) is 6.42 Å². The molecule has 1 aromatic rings. The minimum absolute atomic E-state index is 0.0167. The molecule has 1 aliphatic carbocycles. The van der Waals surface area contributed by atoms with Gasteiger partial charge in [-0.2, -0.15) is 4.31 Å². The fourth-order valence-electron chi connectivity index (χ4n) is 1.97. The van der Waals surface area contributed by atoms with Crippen molar-refractivity contribution in [1.82, 2.24) is 4.31 Å². The maximum Gasteiger partial charge on any atom is 0.246 e. The van der Waals surface area contributed by atoms with E-state index >= 15 is 0 Å². The summed E-state index contributed by atoms with van der Waals surface area (Å²) in [5.41, 5.74) is 6.49. The lowest BCUT2D eigenvalue weighted by atomic mass is 9.94. The fraction of sp³-hybridized carbons (Fsp3) is 0.500. The Balaban J connectivity index is 2.43. The number of aryl methyl sites for hydroxylation is 1. The Bertz CT molecular complexity index is 568. The van der Waals surface area contributed by atoms with Crippen LogP contribution in [0.2, 0.25) is 0 Å². The van der Waals surface area contributed by atoms with Crippen LogP contribution >= 0.6 is 0 Å². The van der Waals surface area contributed by atoms with Gasteiger partial charge in [0.1, 0.15) is 10.7 Å². The smallest absolute Gasteiger partial charge is 0.246 e. The highest BCUT2D eigenvalue weighted by Gasteiger charge is 2.33. The lowest BCUT2D eigenvalue weighted by Gasteiger charge is -2.33. The third kappa shape index (κ3) is 2.10. The Morgan fingerprint density at radius 1 is 1.39 bits per heavy atom. The monoisotopic (exact) mass is 272 g/mol. The maximum absolute atomic E-state index is 13.8. The van der Waals surface area contributed by atoms with Gasteiger partial charge in [0.2, 0.25) is 10.0 Å². The molecule has 0 aromatic heterocycles. The number of nitrogens with zero attached hydrogens (tertiary/aromatic N) is 1. The average molecular weight is 272 g/mol. The molecule has 1 fully saturated rings. The molecule has 0 amide bonds. The number of hydrogen-bond donors (Lipinski definition) is 1. The number of anilines is 1. The number of sulfonamides is 1. The lowest BCUT2D eigenvalue weighted by Crippen LogP contribution is -2.41. The quantitative estimate of drug-likeness (QED) is 0.855. The molecule has 1 aromatic carbocycles. The zero-order valence-corrected chi connectivity index (χ0v) is 11.3. The van der Waals surface area contributed by atoms with Gasteiger partial charge < -0.3 is 5.73 Å². The summed E-state index contributed by atoms with van der Waals surface area (Å²) in [7, 11) is -2.30. The Labute approximate surface area is 107 Å². The van der Waals surface area contributed by atoms with E-state index in [0.717, 1.165) is 25.3 Å². The van der Waals surface area contributed by atoms with Crippen LogP contribution in [-0.2, 0) is 10.0 Å². The van der Waals surface area contributed by atoms with Crippen molar-refractivity contribution in [1.29, 1.82) is 0 Å². The van der Waals surface area contributed by atoms with Gasteiger partial charge in [-0.3, -0.25) is 0 Å². The van der Waals surface area contributed by atoms with E-state index in [0.29, 0.717) is 5.56 Å². The zero-order valence-electron chi connectivity index (χ0n) is 10.5. The highest BCUT2D eigenvalue weighted by molar-refractivity contribution is 7.89. The molecule has 0 aliphatic heterocycles. The third-order valence-corrected chi connectivity index (χ3v) is 5.49. The molecule has 6 heteroatoms. The average Bonchev–Trinajstić information content (AvgIpc) is 2.20.